The molecule has 0 N–H and O–H groups in total. The van der Waals surface area contributed by atoms with Gasteiger partial charge in [0.25, 0.3) is 5.91 Å². The molecule has 1 atom stereocenters. The van der Waals surface area contributed by atoms with Crippen molar-refractivity contribution in [3.05, 3.63) is 59.7 Å². The van der Waals surface area contributed by atoms with Crippen molar-refractivity contribution in [3.63, 3.8) is 0 Å². The van der Waals surface area contributed by atoms with Crippen molar-refractivity contribution in [2.24, 2.45) is 0 Å². The van der Waals surface area contributed by atoms with Crippen LogP contribution in [0.25, 0.3) is 0 Å². The maximum Gasteiger partial charge on any atom is 0.252 e. The van der Waals surface area contributed by atoms with Gasteiger partial charge in [0.05, 0.1) is 0 Å². The number of carbonyl (C=O) groups is 1. The molecule has 5 heteroatoms. The van der Waals surface area contributed by atoms with Crippen LogP contribution in [0.3, 0.4) is 0 Å². The molecule has 0 spiro atoms. The first-order chi connectivity index (χ1) is 13.3. The predicted molar refractivity (Wildman–Crippen MR) is 102 cm³/mol. The van der Waals surface area contributed by atoms with Gasteiger partial charge in [-0.15, -0.1) is 0 Å². The zero-order valence-corrected chi connectivity index (χ0v) is 15.4. The quantitative estimate of drug-likeness (QED) is 0.751. The Hall–Kier alpha value is -2.53. The molecule has 27 heavy (non-hydrogen) atoms. The summed E-state index contributed by atoms with van der Waals surface area (Å²) < 4.78 is 16.7. The predicted octanol–water partition coefficient (Wildman–Crippen LogP) is 3.56. The van der Waals surface area contributed by atoms with Gasteiger partial charge in [-0.2, -0.15) is 0 Å². The standard InChI is InChI=1S/C22H25NO4/c24-22(20-12-6-14-25-20)23(13-5-9-17-7-2-1-3-8-17)15-18-10-4-11-19-21(18)27-16-26-19/h1-4,7-8,10-11,20H,5-6,9,12-16H2/t20-/m0/s1. The lowest BCUT2D eigenvalue weighted by molar-refractivity contribution is -0.141. The maximum atomic E-state index is 13.0. The summed E-state index contributed by atoms with van der Waals surface area (Å²) in [4.78, 5) is 14.9. The van der Waals surface area contributed by atoms with Crippen LogP contribution in [0.5, 0.6) is 11.5 Å². The zero-order chi connectivity index (χ0) is 18.5. The number of amides is 1. The molecule has 2 heterocycles. The number of ether oxygens (including phenoxy) is 3. The third-order valence-corrected chi connectivity index (χ3v) is 5.09. The van der Waals surface area contributed by atoms with Gasteiger partial charge in [0.15, 0.2) is 11.5 Å². The van der Waals surface area contributed by atoms with Crippen LogP contribution in [-0.2, 0) is 22.5 Å². The summed E-state index contributed by atoms with van der Waals surface area (Å²) in [5.41, 5.74) is 2.27. The second-order valence-electron chi connectivity index (χ2n) is 7.00. The van der Waals surface area contributed by atoms with Crippen molar-refractivity contribution in [2.45, 2.75) is 38.3 Å². The van der Waals surface area contributed by atoms with E-state index in [0.717, 1.165) is 42.7 Å². The topological polar surface area (TPSA) is 48.0 Å². The Labute approximate surface area is 159 Å². The van der Waals surface area contributed by atoms with Gasteiger partial charge in [0, 0.05) is 25.3 Å². The summed E-state index contributed by atoms with van der Waals surface area (Å²) in [6, 6.07) is 16.2. The second kappa shape index (κ2) is 8.44. The number of aryl methyl sites for hydroxylation is 1. The third-order valence-electron chi connectivity index (χ3n) is 5.09. The van der Waals surface area contributed by atoms with Crippen molar-refractivity contribution in [1.29, 1.82) is 0 Å². The summed E-state index contributed by atoms with van der Waals surface area (Å²) in [5.74, 6) is 1.59. The van der Waals surface area contributed by atoms with Gasteiger partial charge in [-0.3, -0.25) is 4.79 Å². The first-order valence-corrected chi connectivity index (χ1v) is 9.63. The van der Waals surface area contributed by atoms with Crippen LogP contribution in [0, 0.1) is 0 Å². The van der Waals surface area contributed by atoms with Crippen LogP contribution < -0.4 is 9.47 Å². The Morgan fingerprint density at radius 2 is 1.96 bits per heavy atom. The summed E-state index contributed by atoms with van der Waals surface area (Å²) in [5, 5.41) is 0. The number of rotatable bonds is 7. The van der Waals surface area contributed by atoms with Crippen molar-refractivity contribution < 1.29 is 19.0 Å². The highest BCUT2D eigenvalue weighted by molar-refractivity contribution is 5.81. The van der Waals surface area contributed by atoms with Crippen molar-refractivity contribution >= 4 is 5.91 Å². The number of hydrogen-bond acceptors (Lipinski definition) is 4. The van der Waals surface area contributed by atoms with E-state index < -0.39 is 0 Å². The van der Waals surface area contributed by atoms with Gasteiger partial charge in [-0.25, -0.2) is 0 Å². The van der Waals surface area contributed by atoms with Crippen LogP contribution in [0.4, 0.5) is 0 Å². The van der Waals surface area contributed by atoms with Gasteiger partial charge in [-0.05, 0) is 37.3 Å². The van der Waals surface area contributed by atoms with Crippen LogP contribution in [0.15, 0.2) is 48.5 Å². The van der Waals surface area contributed by atoms with Gasteiger partial charge >= 0.3 is 0 Å². The molecular weight excluding hydrogens is 342 g/mol. The number of hydrogen-bond donors (Lipinski definition) is 0. The van der Waals surface area contributed by atoms with E-state index in [0.29, 0.717) is 19.7 Å². The Morgan fingerprint density at radius 1 is 1.07 bits per heavy atom. The van der Waals surface area contributed by atoms with E-state index in [1.165, 1.54) is 5.56 Å². The fourth-order valence-corrected chi connectivity index (χ4v) is 3.68. The minimum Gasteiger partial charge on any atom is -0.454 e. The summed E-state index contributed by atoms with van der Waals surface area (Å²) >= 11 is 0. The molecular formula is C22H25NO4. The molecule has 1 amide bonds. The number of carbonyl (C=O) groups excluding carboxylic acids is 1. The van der Waals surface area contributed by atoms with E-state index in [1.54, 1.807) is 0 Å². The summed E-state index contributed by atoms with van der Waals surface area (Å²) in [6.45, 7) is 2.12. The Morgan fingerprint density at radius 3 is 2.78 bits per heavy atom. The summed E-state index contributed by atoms with van der Waals surface area (Å²) in [7, 11) is 0. The van der Waals surface area contributed by atoms with Crippen molar-refractivity contribution in [3.8, 4) is 11.5 Å². The molecule has 0 radical (unpaired) electrons. The van der Waals surface area contributed by atoms with E-state index in [9.17, 15) is 4.79 Å². The minimum atomic E-state index is -0.310. The molecule has 2 aliphatic rings. The van der Waals surface area contributed by atoms with Crippen LogP contribution in [-0.4, -0.2) is 36.9 Å². The van der Waals surface area contributed by atoms with Gasteiger partial charge in [0.2, 0.25) is 6.79 Å². The zero-order valence-electron chi connectivity index (χ0n) is 15.4. The fraction of sp³-hybridized carbons (Fsp3) is 0.409. The van der Waals surface area contributed by atoms with E-state index in [-0.39, 0.29) is 18.8 Å². The molecule has 4 rings (SSSR count). The molecule has 0 bridgehead atoms. The van der Waals surface area contributed by atoms with E-state index in [4.69, 9.17) is 14.2 Å². The lowest BCUT2D eigenvalue weighted by Gasteiger charge is -2.26. The second-order valence-corrected chi connectivity index (χ2v) is 7.00. The number of fused-ring (bicyclic) bond motifs is 1. The average molecular weight is 367 g/mol. The Bertz CT molecular complexity index is 771. The van der Waals surface area contributed by atoms with Crippen molar-refractivity contribution in [2.75, 3.05) is 19.9 Å². The van der Waals surface area contributed by atoms with E-state index in [1.807, 2.05) is 29.2 Å². The van der Waals surface area contributed by atoms with E-state index in [2.05, 4.69) is 24.3 Å². The third kappa shape index (κ3) is 4.25. The van der Waals surface area contributed by atoms with Crippen LogP contribution in [0.1, 0.15) is 30.4 Å². The Balaban J connectivity index is 1.46. The maximum absolute atomic E-state index is 13.0. The van der Waals surface area contributed by atoms with Crippen LogP contribution >= 0.6 is 0 Å². The molecule has 0 unspecified atom stereocenters. The van der Waals surface area contributed by atoms with Crippen molar-refractivity contribution in [1.82, 2.24) is 4.90 Å². The Kier molecular flexibility index (Phi) is 5.58. The molecule has 5 nitrogen and oxygen atoms in total. The lowest BCUT2D eigenvalue weighted by atomic mass is 10.1. The molecule has 2 aliphatic heterocycles. The fourth-order valence-electron chi connectivity index (χ4n) is 3.68. The van der Waals surface area contributed by atoms with Crippen LogP contribution in [0.2, 0.25) is 0 Å². The largest absolute Gasteiger partial charge is 0.454 e. The molecule has 1 saturated heterocycles. The molecule has 2 aromatic rings. The highest BCUT2D eigenvalue weighted by Crippen LogP contribution is 2.36. The van der Waals surface area contributed by atoms with Gasteiger partial charge in [-0.1, -0.05) is 42.5 Å². The normalized spacial score (nSPS) is 17.9. The lowest BCUT2D eigenvalue weighted by Crippen LogP contribution is -2.39. The smallest absolute Gasteiger partial charge is 0.252 e. The average Bonchev–Trinajstić information content (AvgIpc) is 3.39. The molecule has 0 saturated carbocycles. The first kappa shape index (κ1) is 17.9. The first-order valence-electron chi connectivity index (χ1n) is 9.63. The summed E-state index contributed by atoms with van der Waals surface area (Å²) in [6.07, 6.45) is 3.31. The van der Waals surface area contributed by atoms with E-state index >= 15 is 0 Å². The molecule has 0 aromatic heterocycles. The molecule has 0 aliphatic carbocycles. The number of nitrogens with zero attached hydrogens (tertiary/aromatic N) is 1. The van der Waals surface area contributed by atoms with Gasteiger partial charge in [0.1, 0.15) is 6.10 Å². The number of benzene rings is 2. The minimum absolute atomic E-state index is 0.0806. The highest BCUT2D eigenvalue weighted by atomic mass is 16.7. The number of para-hydroxylation sites is 1. The molecule has 142 valence electrons. The molecule has 1 fully saturated rings. The SMILES string of the molecule is O=C([C@@H]1CCCO1)N(CCCc1ccccc1)Cc1cccc2c1OCO2. The highest BCUT2D eigenvalue weighted by Gasteiger charge is 2.29. The van der Waals surface area contributed by atoms with Gasteiger partial charge < -0.3 is 19.1 Å². The monoisotopic (exact) mass is 367 g/mol. The molecule has 2 aromatic carbocycles.